The van der Waals surface area contributed by atoms with Gasteiger partial charge in [0.2, 0.25) is 23.6 Å². The van der Waals surface area contributed by atoms with Gasteiger partial charge >= 0.3 is 0 Å². The normalized spacial score (nSPS) is 19.7. The van der Waals surface area contributed by atoms with Crippen LogP contribution in [0.3, 0.4) is 0 Å². The Morgan fingerprint density at radius 3 is 2.58 bits per heavy atom. The van der Waals surface area contributed by atoms with E-state index in [-0.39, 0.29) is 68.5 Å². The zero-order valence-corrected chi connectivity index (χ0v) is 36.9. The van der Waals surface area contributed by atoms with Crippen LogP contribution < -0.4 is 26.4 Å². The molecule has 3 heterocycles. The molecule has 1 aromatic heterocycles. The highest BCUT2D eigenvalue weighted by Gasteiger charge is 2.45. The number of nitrogens with zero attached hydrogens (tertiary/aromatic N) is 6. The van der Waals surface area contributed by atoms with Crippen molar-refractivity contribution in [1.82, 2.24) is 35.6 Å². The standard InChI is InChI=1S/C39H57ClN10O7S2/c1-22(40)23(2)59-25(4)50-24(3)47-48-36(50)30(42-8)17-33(52)43-10-12-57-29-14-26(13-27(41)15-29)9-11-56-19-34(53)46-35(39(5,6)7)38(55)49-18-28(51)16-31(49)37(54)45-32-20-58-21-44-32/h13-15,21-23,28,30-32,35,51H,4,8-12,16-20,41H2,1-3,5-7H3,(H,43,52)(H,45,54)(H,46,53)/t22-,23?,28+,30-,31-,32?,35+/m0/s1. The van der Waals surface area contributed by atoms with Crippen LogP contribution in [0, 0.1) is 12.3 Å². The van der Waals surface area contributed by atoms with Crippen molar-refractivity contribution in [2.75, 3.05) is 44.4 Å². The van der Waals surface area contributed by atoms with Gasteiger partial charge < -0.3 is 41.2 Å². The molecule has 20 heteroatoms. The van der Waals surface area contributed by atoms with Gasteiger partial charge in [-0.15, -0.1) is 45.3 Å². The first-order valence-corrected chi connectivity index (χ1v) is 21.7. The first-order chi connectivity index (χ1) is 27.9. The lowest BCUT2D eigenvalue weighted by atomic mass is 9.85. The summed E-state index contributed by atoms with van der Waals surface area (Å²) in [6, 6.07) is 2.72. The molecule has 2 aromatic rings. The van der Waals surface area contributed by atoms with E-state index in [9.17, 15) is 24.3 Å². The molecule has 1 fully saturated rings. The number of aromatic nitrogens is 3. The summed E-state index contributed by atoms with van der Waals surface area (Å²) >= 11 is 9.22. The van der Waals surface area contributed by atoms with Crippen molar-refractivity contribution in [2.24, 2.45) is 15.4 Å². The molecule has 4 amide bonds. The molecule has 17 nitrogen and oxygen atoms in total. The van der Waals surface area contributed by atoms with Crippen LogP contribution in [0.2, 0.25) is 0 Å². The van der Waals surface area contributed by atoms with Gasteiger partial charge in [-0.05, 0) is 50.1 Å². The van der Waals surface area contributed by atoms with Crippen LogP contribution in [0.5, 0.6) is 5.75 Å². The van der Waals surface area contributed by atoms with Crippen LogP contribution in [-0.2, 0) is 30.3 Å². The Hall–Kier alpha value is -4.17. The van der Waals surface area contributed by atoms with Crippen molar-refractivity contribution < 1.29 is 33.8 Å². The third-order valence-corrected chi connectivity index (χ3v) is 12.1. The molecular formula is C39H57ClN10O7S2. The minimum Gasteiger partial charge on any atom is -0.492 e. The van der Waals surface area contributed by atoms with Gasteiger partial charge in [0.05, 0.1) is 36.3 Å². The number of rotatable bonds is 21. The summed E-state index contributed by atoms with van der Waals surface area (Å²) in [5.41, 5.74) is 8.37. The first-order valence-electron chi connectivity index (χ1n) is 19.3. The molecule has 2 aliphatic rings. The van der Waals surface area contributed by atoms with Gasteiger partial charge in [0.1, 0.15) is 49.1 Å². The molecule has 1 saturated heterocycles. The van der Waals surface area contributed by atoms with Crippen molar-refractivity contribution in [3.8, 4) is 5.75 Å². The minimum atomic E-state index is -0.979. The average molecular weight is 878 g/mol. The number of hydrogen-bond acceptors (Lipinski definition) is 14. The van der Waals surface area contributed by atoms with Gasteiger partial charge in [-0.3, -0.25) is 33.7 Å². The number of carbonyl (C=O) groups excluding carboxylic acids is 4. The average Bonchev–Trinajstić information content (AvgIpc) is 3.92. The number of nitrogens with one attached hydrogen (secondary N) is 3. The Labute approximate surface area is 359 Å². The second-order valence-corrected chi connectivity index (χ2v) is 18.5. The fourth-order valence-corrected chi connectivity index (χ4v) is 8.11. The van der Waals surface area contributed by atoms with Gasteiger partial charge in [0.25, 0.3) is 0 Å². The lowest BCUT2D eigenvalue weighted by molar-refractivity contribution is -0.144. The fourth-order valence-electron chi connectivity index (χ4n) is 6.33. The summed E-state index contributed by atoms with van der Waals surface area (Å²) < 4.78 is 13.3. The zero-order chi connectivity index (χ0) is 43.4. The SMILES string of the molecule is C=N[C@@H](CC(=O)NCCOc1cc(N)cc(CCOCC(=O)N[C@H](C(=O)N2C[C@H](O)C[C@H]2C(=O)NC2CSC=N2)C(C)(C)C)c1)c1nnc(C)n1C(=C)SC(C)[C@H](C)Cl. The van der Waals surface area contributed by atoms with E-state index in [2.05, 4.69) is 49.4 Å². The van der Waals surface area contributed by atoms with Gasteiger partial charge in [-0.2, -0.15) is 0 Å². The Kier molecular flexibility index (Phi) is 17.6. The maximum absolute atomic E-state index is 13.8. The van der Waals surface area contributed by atoms with Crippen molar-refractivity contribution in [3.05, 3.63) is 42.0 Å². The summed E-state index contributed by atoms with van der Waals surface area (Å²) in [4.78, 5) is 62.5. The maximum Gasteiger partial charge on any atom is 0.246 e. The number of likely N-dealkylation sites (tertiary alicyclic amines) is 1. The predicted molar refractivity (Wildman–Crippen MR) is 234 cm³/mol. The number of aryl methyl sites for hydroxylation is 1. The van der Waals surface area contributed by atoms with Gasteiger partial charge in [0.15, 0.2) is 5.82 Å². The predicted octanol–water partition coefficient (Wildman–Crippen LogP) is 2.94. The van der Waals surface area contributed by atoms with Crippen LogP contribution in [0.25, 0.3) is 5.03 Å². The largest absolute Gasteiger partial charge is 0.492 e. The Morgan fingerprint density at radius 2 is 1.92 bits per heavy atom. The van der Waals surface area contributed by atoms with Crippen molar-refractivity contribution in [3.63, 3.8) is 0 Å². The Bertz CT molecular complexity index is 1860. The molecule has 59 heavy (non-hydrogen) atoms. The smallest absolute Gasteiger partial charge is 0.246 e. The molecule has 324 valence electrons. The molecule has 4 rings (SSSR count). The number of halogens is 1. The van der Waals surface area contributed by atoms with Crippen LogP contribution in [0.4, 0.5) is 5.69 Å². The van der Waals surface area contributed by atoms with Gasteiger partial charge in [-0.1, -0.05) is 34.3 Å². The Morgan fingerprint density at radius 1 is 1.17 bits per heavy atom. The molecule has 1 aromatic carbocycles. The highest BCUT2D eigenvalue weighted by molar-refractivity contribution is 8.12. The highest BCUT2D eigenvalue weighted by Crippen LogP contribution is 2.33. The molecule has 0 radical (unpaired) electrons. The molecule has 2 unspecified atom stereocenters. The Balaban J connectivity index is 1.22. The molecule has 6 N–H and O–H groups in total. The van der Waals surface area contributed by atoms with Crippen LogP contribution in [-0.4, -0.2) is 134 Å². The van der Waals surface area contributed by atoms with E-state index in [0.29, 0.717) is 40.3 Å². The fraction of sp³-hybridized carbons (Fsp3) is 0.590. The first kappa shape index (κ1) is 47.5. The van der Waals surface area contributed by atoms with Crippen molar-refractivity contribution >= 4 is 81.7 Å². The summed E-state index contributed by atoms with van der Waals surface area (Å²) in [6.07, 6.45) is -0.762. The molecule has 0 saturated carbocycles. The van der Waals surface area contributed by atoms with E-state index in [1.165, 1.54) is 28.4 Å². The lowest BCUT2D eigenvalue weighted by Gasteiger charge is -2.35. The molecule has 0 spiro atoms. The number of carbonyl (C=O) groups is 4. The van der Waals surface area contributed by atoms with Crippen LogP contribution in [0.1, 0.15) is 70.7 Å². The molecule has 7 atom stereocenters. The second kappa shape index (κ2) is 21.9. The number of alkyl halides is 1. The van der Waals surface area contributed by atoms with Gasteiger partial charge in [0, 0.05) is 41.1 Å². The number of amides is 4. The molecule has 0 aliphatic carbocycles. The van der Waals surface area contributed by atoms with Crippen LogP contribution >= 0.6 is 35.1 Å². The van der Waals surface area contributed by atoms with Crippen molar-refractivity contribution in [2.45, 2.75) is 102 Å². The number of thioether (sulfide) groups is 2. The van der Waals surface area contributed by atoms with Gasteiger partial charge in [-0.25, -0.2) is 0 Å². The number of aliphatic hydroxyl groups is 1. The third-order valence-electron chi connectivity index (χ3n) is 9.58. The summed E-state index contributed by atoms with van der Waals surface area (Å²) in [5.74, 6) is 0.533. The number of benzene rings is 1. The third kappa shape index (κ3) is 13.9. The van der Waals surface area contributed by atoms with E-state index < -0.39 is 47.4 Å². The van der Waals surface area contributed by atoms with E-state index >= 15 is 0 Å². The van der Waals surface area contributed by atoms with Crippen molar-refractivity contribution in [1.29, 1.82) is 0 Å². The number of nitrogen functional groups attached to an aromatic ring is 1. The molecular weight excluding hydrogens is 820 g/mol. The number of β-amino-alcohol motifs (C(OH)–C–C–N with tert-alkyl or cyclic N) is 1. The summed E-state index contributed by atoms with van der Waals surface area (Å²) in [7, 11) is 0. The topological polar surface area (TPSA) is 228 Å². The van der Waals surface area contributed by atoms with E-state index in [4.69, 9.17) is 26.8 Å². The number of hydrogen-bond donors (Lipinski definition) is 5. The minimum absolute atomic E-state index is 0.00747. The maximum atomic E-state index is 13.8. The summed E-state index contributed by atoms with van der Waals surface area (Å²) in [6.45, 7) is 19.2. The number of anilines is 1. The summed E-state index contributed by atoms with van der Waals surface area (Å²) in [5, 5.41) is 27.9. The second-order valence-electron chi connectivity index (χ2n) is 15.5. The number of ether oxygens (including phenoxy) is 2. The van der Waals surface area contributed by atoms with E-state index in [1.54, 1.807) is 35.2 Å². The monoisotopic (exact) mass is 876 g/mol. The number of aliphatic hydroxyl groups excluding tert-OH is 1. The molecule has 2 aliphatic heterocycles. The van der Waals surface area contributed by atoms with E-state index in [1.807, 2.05) is 34.6 Å². The van der Waals surface area contributed by atoms with E-state index in [0.717, 1.165) is 5.56 Å². The molecule has 0 bridgehead atoms. The highest BCUT2D eigenvalue weighted by atomic mass is 35.5. The number of aliphatic imine (C=N–C) groups is 2. The zero-order valence-electron chi connectivity index (χ0n) is 34.5. The number of nitrogens with two attached hydrogens (primary N) is 1. The lowest BCUT2D eigenvalue weighted by Crippen LogP contribution is -2.58. The van der Waals surface area contributed by atoms with Crippen LogP contribution in [0.15, 0.2) is 34.8 Å². The quantitative estimate of drug-likeness (QED) is 0.0528.